The Morgan fingerprint density at radius 2 is 2.18 bits per heavy atom. The van der Waals surface area contributed by atoms with Crippen LogP contribution in [0.3, 0.4) is 0 Å². The second kappa shape index (κ2) is 6.00. The van der Waals surface area contributed by atoms with Crippen LogP contribution in [0.4, 0.5) is 5.13 Å². The van der Waals surface area contributed by atoms with E-state index in [0.717, 1.165) is 11.1 Å². The lowest BCUT2D eigenvalue weighted by Gasteiger charge is -1.99. The van der Waals surface area contributed by atoms with Crippen molar-refractivity contribution in [3.63, 3.8) is 0 Å². The highest BCUT2D eigenvalue weighted by Gasteiger charge is 2.16. The molecule has 3 heterocycles. The van der Waals surface area contributed by atoms with Crippen LogP contribution in [-0.2, 0) is 7.05 Å². The summed E-state index contributed by atoms with van der Waals surface area (Å²) in [6, 6.07) is 1.76. The number of amides is 1. The summed E-state index contributed by atoms with van der Waals surface area (Å²) in [5.74, 6) is -0.284. The Balaban J connectivity index is 1.81. The van der Waals surface area contributed by atoms with E-state index in [1.807, 2.05) is 12.3 Å². The van der Waals surface area contributed by atoms with Crippen molar-refractivity contribution in [3.8, 4) is 11.3 Å². The first-order valence-corrected chi connectivity index (χ1v) is 8.61. The van der Waals surface area contributed by atoms with Gasteiger partial charge in [0.05, 0.1) is 10.0 Å². The molecule has 0 radical (unpaired) electrons. The van der Waals surface area contributed by atoms with Gasteiger partial charge in [-0.3, -0.25) is 14.8 Å². The number of thiophene rings is 1. The van der Waals surface area contributed by atoms with E-state index >= 15 is 0 Å². The van der Waals surface area contributed by atoms with Crippen LogP contribution in [0.1, 0.15) is 16.1 Å². The molecule has 0 aliphatic heterocycles. The minimum absolute atomic E-state index is 0.284. The second-order valence-electron chi connectivity index (χ2n) is 4.56. The summed E-state index contributed by atoms with van der Waals surface area (Å²) in [4.78, 5) is 16.6. The maximum Gasteiger partial charge on any atom is 0.278 e. The monoisotopic (exact) mass is 372 g/mol. The Kier molecular flexibility index (Phi) is 4.22. The van der Waals surface area contributed by atoms with Crippen molar-refractivity contribution in [1.29, 1.82) is 0 Å². The summed E-state index contributed by atoms with van der Waals surface area (Å²) in [6.07, 6.45) is 1.79. The lowest BCUT2D eigenvalue weighted by Crippen LogP contribution is -2.14. The first-order chi connectivity index (χ1) is 10.4. The van der Waals surface area contributed by atoms with Gasteiger partial charge < -0.3 is 0 Å². The Hall–Kier alpha value is -1.41. The van der Waals surface area contributed by atoms with E-state index in [1.165, 1.54) is 22.7 Å². The van der Waals surface area contributed by atoms with Gasteiger partial charge in [0, 0.05) is 29.8 Å². The third kappa shape index (κ3) is 3.03. The average molecular weight is 373 g/mol. The largest absolute Gasteiger partial charge is 0.296 e. The Morgan fingerprint density at radius 1 is 1.41 bits per heavy atom. The van der Waals surface area contributed by atoms with Gasteiger partial charge in [0.2, 0.25) is 0 Å². The van der Waals surface area contributed by atoms with Crippen molar-refractivity contribution in [2.24, 2.45) is 7.05 Å². The molecule has 22 heavy (non-hydrogen) atoms. The molecule has 0 spiro atoms. The number of aryl methyl sites for hydroxylation is 2. The highest BCUT2D eigenvalue weighted by Crippen LogP contribution is 2.39. The smallest absolute Gasteiger partial charge is 0.278 e. The van der Waals surface area contributed by atoms with Gasteiger partial charge in [-0.05, 0) is 13.0 Å². The molecule has 5 nitrogen and oxygen atoms in total. The third-order valence-corrected chi connectivity index (χ3v) is 5.13. The number of anilines is 1. The molecule has 0 saturated carbocycles. The van der Waals surface area contributed by atoms with Crippen LogP contribution >= 0.6 is 45.9 Å². The van der Waals surface area contributed by atoms with E-state index in [9.17, 15) is 4.79 Å². The number of aromatic nitrogens is 3. The fourth-order valence-corrected chi connectivity index (χ4v) is 4.14. The van der Waals surface area contributed by atoms with Gasteiger partial charge in [0.1, 0.15) is 4.34 Å². The van der Waals surface area contributed by atoms with E-state index in [2.05, 4.69) is 15.4 Å². The first-order valence-electron chi connectivity index (χ1n) is 6.16. The topological polar surface area (TPSA) is 59.8 Å². The predicted molar refractivity (Wildman–Crippen MR) is 91.3 cm³/mol. The van der Waals surface area contributed by atoms with E-state index in [0.29, 0.717) is 25.2 Å². The van der Waals surface area contributed by atoms with Gasteiger partial charge in [0.25, 0.3) is 5.91 Å². The molecule has 1 N–H and O–H groups in total. The van der Waals surface area contributed by atoms with Crippen molar-refractivity contribution in [2.75, 3.05) is 5.32 Å². The summed E-state index contributed by atoms with van der Waals surface area (Å²) >= 11 is 14.7. The fourth-order valence-electron chi connectivity index (χ4n) is 1.96. The molecule has 0 bridgehead atoms. The molecule has 3 aromatic heterocycles. The number of rotatable bonds is 3. The molecule has 0 aromatic carbocycles. The molecule has 9 heteroatoms. The molecule has 0 aliphatic carbocycles. The first kappa shape index (κ1) is 15.5. The Morgan fingerprint density at radius 3 is 2.77 bits per heavy atom. The van der Waals surface area contributed by atoms with Crippen LogP contribution in [0.25, 0.3) is 11.3 Å². The minimum atomic E-state index is -0.284. The molecular weight excluding hydrogens is 363 g/mol. The second-order valence-corrected chi connectivity index (χ2v) is 7.71. The molecular formula is C13H10Cl2N4OS2. The van der Waals surface area contributed by atoms with E-state index in [-0.39, 0.29) is 5.91 Å². The zero-order valence-electron chi connectivity index (χ0n) is 11.6. The maximum absolute atomic E-state index is 12.2. The number of carbonyl (C=O) groups excluding carboxylic acids is 1. The molecule has 3 rings (SSSR count). The van der Waals surface area contributed by atoms with Crippen molar-refractivity contribution in [1.82, 2.24) is 14.8 Å². The summed E-state index contributed by atoms with van der Waals surface area (Å²) in [6.45, 7) is 1.84. The van der Waals surface area contributed by atoms with Gasteiger partial charge in [-0.15, -0.1) is 22.7 Å². The maximum atomic E-state index is 12.2. The van der Waals surface area contributed by atoms with Crippen LogP contribution in [0, 0.1) is 6.92 Å². The van der Waals surface area contributed by atoms with Crippen LogP contribution in [0.2, 0.25) is 8.67 Å². The summed E-state index contributed by atoms with van der Waals surface area (Å²) < 4.78 is 2.78. The molecule has 1 amide bonds. The lowest BCUT2D eigenvalue weighted by atomic mass is 10.3. The number of carbonyl (C=O) groups is 1. The number of halogens is 2. The number of thiazole rings is 1. The normalized spacial score (nSPS) is 10.9. The van der Waals surface area contributed by atoms with Crippen molar-refractivity contribution in [2.45, 2.75) is 6.92 Å². The van der Waals surface area contributed by atoms with Crippen molar-refractivity contribution in [3.05, 3.63) is 37.6 Å². The van der Waals surface area contributed by atoms with Gasteiger partial charge in [0.15, 0.2) is 10.8 Å². The van der Waals surface area contributed by atoms with Crippen LogP contribution < -0.4 is 5.32 Å². The number of nitrogens with one attached hydrogen (secondary N) is 1. The van der Waals surface area contributed by atoms with Gasteiger partial charge >= 0.3 is 0 Å². The third-order valence-electron chi connectivity index (χ3n) is 2.88. The SMILES string of the molecule is Cc1cn(C)nc1C(=O)Nc1nc(-c2cc(Cl)sc2Cl)cs1. The molecule has 0 unspecified atom stereocenters. The predicted octanol–water partition coefficient (Wildman–Crippen LogP) is 4.47. The lowest BCUT2D eigenvalue weighted by molar-refractivity contribution is 0.102. The van der Waals surface area contributed by atoms with E-state index < -0.39 is 0 Å². The van der Waals surface area contributed by atoms with Crippen LogP contribution in [-0.4, -0.2) is 20.7 Å². The van der Waals surface area contributed by atoms with Gasteiger partial charge in [-0.2, -0.15) is 5.10 Å². The van der Waals surface area contributed by atoms with Crippen LogP contribution in [0.15, 0.2) is 17.6 Å². The number of nitrogens with zero attached hydrogens (tertiary/aromatic N) is 3. The van der Waals surface area contributed by atoms with E-state index in [4.69, 9.17) is 23.2 Å². The molecule has 114 valence electrons. The Labute approximate surface area is 144 Å². The van der Waals surface area contributed by atoms with Crippen LogP contribution in [0.5, 0.6) is 0 Å². The highest BCUT2D eigenvalue weighted by molar-refractivity contribution is 7.20. The summed E-state index contributed by atoms with van der Waals surface area (Å²) in [5, 5.41) is 9.20. The van der Waals surface area contributed by atoms with Gasteiger partial charge in [-0.1, -0.05) is 23.2 Å². The van der Waals surface area contributed by atoms with E-state index in [1.54, 1.807) is 24.0 Å². The van der Waals surface area contributed by atoms with Crippen molar-refractivity contribution < 1.29 is 4.79 Å². The molecule has 3 aromatic rings. The number of hydrogen-bond acceptors (Lipinski definition) is 5. The molecule has 0 atom stereocenters. The zero-order valence-corrected chi connectivity index (χ0v) is 14.7. The van der Waals surface area contributed by atoms with Crippen molar-refractivity contribution >= 4 is 56.9 Å². The highest BCUT2D eigenvalue weighted by atomic mass is 35.5. The fraction of sp³-hybridized carbons (Fsp3) is 0.154. The average Bonchev–Trinajstić information content (AvgIpc) is 3.10. The standard InChI is InChI=1S/C13H10Cl2N4OS2/c1-6-4-19(2)18-10(6)12(20)17-13-16-8(5-21-13)7-3-9(14)22-11(7)15/h3-5H,1-2H3,(H,16,17,20). The summed E-state index contributed by atoms with van der Waals surface area (Å²) in [5.41, 5.74) is 2.65. The quantitative estimate of drug-likeness (QED) is 0.737. The summed E-state index contributed by atoms with van der Waals surface area (Å²) in [7, 11) is 1.77. The zero-order chi connectivity index (χ0) is 15.9. The number of hydrogen-bond donors (Lipinski definition) is 1. The Bertz CT molecular complexity index is 852. The molecule has 0 saturated heterocycles. The molecule has 0 fully saturated rings. The minimum Gasteiger partial charge on any atom is -0.296 e. The molecule has 0 aliphatic rings. The van der Waals surface area contributed by atoms with Gasteiger partial charge in [-0.25, -0.2) is 4.98 Å².